The summed E-state index contributed by atoms with van der Waals surface area (Å²) in [6.07, 6.45) is 0.433. The minimum Gasteiger partial charge on any atom is -0.380 e. The Balaban J connectivity index is 2.60. The van der Waals surface area contributed by atoms with Crippen LogP contribution in [0.25, 0.3) is 0 Å². The number of aliphatic hydroxyl groups is 1. The first-order valence-corrected chi connectivity index (χ1v) is 2.56. The molecule has 2 atom stereocenters. The first-order valence-electron chi connectivity index (χ1n) is 2.56. The third-order valence-corrected chi connectivity index (χ3v) is 1.59. The first kappa shape index (κ1) is 5.72. The van der Waals surface area contributed by atoms with Crippen LogP contribution in [0.2, 0.25) is 0 Å². The van der Waals surface area contributed by atoms with Crippen molar-refractivity contribution in [2.45, 2.75) is 25.0 Å². The van der Waals surface area contributed by atoms with Gasteiger partial charge in [-0.25, -0.2) is 0 Å². The molecule has 0 bridgehead atoms. The van der Waals surface area contributed by atoms with Gasteiger partial charge in [0.05, 0.1) is 0 Å². The van der Waals surface area contributed by atoms with Crippen LogP contribution in [0.4, 0.5) is 0 Å². The molecule has 0 saturated heterocycles. The average molecular weight is 115 g/mol. The summed E-state index contributed by atoms with van der Waals surface area (Å²) in [4.78, 5) is 10.4. The zero-order chi connectivity index (χ0) is 6.36. The first-order chi connectivity index (χ1) is 3.57. The predicted octanol–water partition coefficient (Wildman–Crippen LogP) is -0.963. The fraction of sp³-hybridized carbons (Fsp3) is 0.800. The Labute approximate surface area is 47.5 Å². The second-order valence-corrected chi connectivity index (χ2v) is 2.29. The van der Waals surface area contributed by atoms with E-state index in [1.807, 2.05) is 0 Å². The van der Waals surface area contributed by atoms with Crippen molar-refractivity contribution >= 4 is 5.78 Å². The Kier molecular flexibility index (Phi) is 0.929. The van der Waals surface area contributed by atoms with Crippen molar-refractivity contribution in [3.63, 3.8) is 0 Å². The van der Waals surface area contributed by atoms with E-state index in [2.05, 4.69) is 0 Å². The molecule has 0 aromatic carbocycles. The van der Waals surface area contributed by atoms with Crippen molar-refractivity contribution in [1.82, 2.24) is 0 Å². The zero-order valence-electron chi connectivity index (χ0n) is 4.72. The van der Waals surface area contributed by atoms with E-state index < -0.39 is 5.60 Å². The summed E-state index contributed by atoms with van der Waals surface area (Å²) in [6, 6.07) is -0.306. The average Bonchev–Trinajstić information content (AvgIpc) is 2.17. The monoisotopic (exact) mass is 115 g/mol. The van der Waals surface area contributed by atoms with Crippen LogP contribution in [0, 0.1) is 0 Å². The summed E-state index contributed by atoms with van der Waals surface area (Å²) in [6.45, 7) is 1.35. The smallest absolute Gasteiger partial charge is 0.162 e. The molecule has 0 aromatic rings. The molecule has 3 N–H and O–H groups in total. The lowest BCUT2D eigenvalue weighted by atomic mass is 10.2. The lowest BCUT2D eigenvalue weighted by Crippen LogP contribution is -2.27. The van der Waals surface area contributed by atoms with Crippen LogP contribution >= 0.6 is 0 Å². The van der Waals surface area contributed by atoms with Gasteiger partial charge in [-0.15, -0.1) is 0 Å². The molecule has 0 heterocycles. The summed E-state index contributed by atoms with van der Waals surface area (Å²) >= 11 is 0. The molecule has 0 radical (unpaired) electrons. The molecule has 1 saturated carbocycles. The molecule has 0 amide bonds. The number of nitrogens with two attached hydrogens (primary N) is 1. The SMILES string of the molecule is CC(=O)[C@]1(O)C[C@@H]1N. The molecule has 0 aliphatic heterocycles. The van der Waals surface area contributed by atoms with E-state index in [0.29, 0.717) is 6.42 Å². The second kappa shape index (κ2) is 1.30. The number of rotatable bonds is 1. The maximum atomic E-state index is 10.4. The third kappa shape index (κ3) is 0.553. The summed E-state index contributed by atoms with van der Waals surface area (Å²) in [7, 11) is 0. The minimum atomic E-state index is -1.15. The summed E-state index contributed by atoms with van der Waals surface area (Å²) in [5.41, 5.74) is 4.08. The lowest BCUT2D eigenvalue weighted by molar-refractivity contribution is -0.127. The normalized spacial score (nSPS) is 44.1. The van der Waals surface area contributed by atoms with E-state index in [1.165, 1.54) is 6.92 Å². The van der Waals surface area contributed by atoms with Gasteiger partial charge in [0.1, 0.15) is 5.60 Å². The molecule has 1 aliphatic carbocycles. The van der Waals surface area contributed by atoms with Crippen LogP contribution in [-0.4, -0.2) is 22.5 Å². The van der Waals surface area contributed by atoms with E-state index in [9.17, 15) is 4.79 Å². The fourth-order valence-corrected chi connectivity index (χ4v) is 0.681. The van der Waals surface area contributed by atoms with Crippen LogP contribution in [0.5, 0.6) is 0 Å². The molecule has 1 aliphatic rings. The van der Waals surface area contributed by atoms with Crippen LogP contribution in [-0.2, 0) is 4.79 Å². The number of carbonyl (C=O) groups excluding carboxylic acids is 1. The van der Waals surface area contributed by atoms with Gasteiger partial charge in [0.2, 0.25) is 0 Å². The van der Waals surface area contributed by atoms with Crippen molar-refractivity contribution in [2.75, 3.05) is 0 Å². The number of carbonyl (C=O) groups is 1. The van der Waals surface area contributed by atoms with Crippen molar-refractivity contribution in [1.29, 1.82) is 0 Å². The number of hydrogen-bond acceptors (Lipinski definition) is 3. The van der Waals surface area contributed by atoms with Crippen molar-refractivity contribution < 1.29 is 9.90 Å². The molecule has 46 valence electrons. The summed E-state index contributed by atoms with van der Waals surface area (Å²) in [5.74, 6) is -0.218. The van der Waals surface area contributed by atoms with E-state index >= 15 is 0 Å². The third-order valence-electron chi connectivity index (χ3n) is 1.59. The zero-order valence-corrected chi connectivity index (χ0v) is 4.72. The molecule has 8 heavy (non-hydrogen) atoms. The van der Waals surface area contributed by atoms with Gasteiger partial charge >= 0.3 is 0 Å². The maximum absolute atomic E-state index is 10.4. The van der Waals surface area contributed by atoms with E-state index in [1.54, 1.807) is 0 Å². The Bertz CT molecular complexity index is 134. The largest absolute Gasteiger partial charge is 0.380 e. The van der Waals surface area contributed by atoms with Crippen LogP contribution in [0.15, 0.2) is 0 Å². The van der Waals surface area contributed by atoms with E-state index in [4.69, 9.17) is 10.8 Å². The van der Waals surface area contributed by atoms with E-state index in [-0.39, 0.29) is 11.8 Å². The Morgan fingerprint density at radius 1 is 2.00 bits per heavy atom. The predicted molar refractivity (Wildman–Crippen MR) is 28.2 cm³/mol. The lowest BCUT2D eigenvalue weighted by Gasteiger charge is -1.99. The molecule has 1 fully saturated rings. The summed E-state index contributed by atoms with van der Waals surface area (Å²) < 4.78 is 0. The van der Waals surface area contributed by atoms with Gasteiger partial charge in [0.15, 0.2) is 5.78 Å². The van der Waals surface area contributed by atoms with Crippen molar-refractivity contribution in [2.24, 2.45) is 5.73 Å². The molecular weight excluding hydrogens is 106 g/mol. The quantitative estimate of drug-likeness (QED) is 0.462. The fourth-order valence-electron chi connectivity index (χ4n) is 0.681. The van der Waals surface area contributed by atoms with Gasteiger partial charge in [-0.1, -0.05) is 0 Å². The van der Waals surface area contributed by atoms with Gasteiger partial charge in [-0.3, -0.25) is 4.79 Å². The molecule has 0 unspecified atom stereocenters. The Hall–Kier alpha value is -0.410. The van der Waals surface area contributed by atoms with Crippen molar-refractivity contribution in [3.8, 4) is 0 Å². The minimum absolute atomic E-state index is 0.218. The van der Waals surface area contributed by atoms with E-state index in [0.717, 1.165) is 0 Å². The van der Waals surface area contributed by atoms with Gasteiger partial charge in [-0.05, 0) is 6.92 Å². The summed E-state index contributed by atoms with van der Waals surface area (Å²) in [5, 5.41) is 9.00. The molecule has 0 spiro atoms. The number of Topliss-reactive ketones (excluding diaryl/α,β-unsaturated/α-hetero) is 1. The van der Waals surface area contributed by atoms with Gasteiger partial charge in [0, 0.05) is 12.5 Å². The molecule has 0 aromatic heterocycles. The Morgan fingerprint density at radius 2 is 2.38 bits per heavy atom. The van der Waals surface area contributed by atoms with Crippen LogP contribution in [0.3, 0.4) is 0 Å². The maximum Gasteiger partial charge on any atom is 0.162 e. The number of ketones is 1. The van der Waals surface area contributed by atoms with Gasteiger partial charge in [0.25, 0.3) is 0 Å². The second-order valence-electron chi connectivity index (χ2n) is 2.29. The highest BCUT2D eigenvalue weighted by atomic mass is 16.3. The molecule has 3 nitrogen and oxygen atoms in total. The highest BCUT2D eigenvalue weighted by molar-refractivity contribution is 5.89. The van der Waals surface area contributed by atoms with Crippen molar-refractivity contribution in [3.05, 3.63) is 0 Å². The van der Waals surface area contributed by atoms with Gasteiger partial charge in [-0.2, -0.15) is 0 Å². The molecular formula is C5H9NO2. The van der Waals surface area contributed by atoms with Crippen LogP contribution < -0.4 is 5.73 Å². The molecule has 1 rings (SSSR count). The number of hydrogen-bond donors (Lipinski definition) is 2. The highest BCUT2D eigenvalue weighted by Crippen LogP contribution is 2.34. The van der Waals surface area contributed by atoms with Crippen LogP contribution in [0.1, 0.15) is 13.3 Å². The highest BCUT2D eigenvalue weighted by Gasteiger charge is 2.54. The topological polar surface area (TPSA) is 63.3 Å². The standard InChI is InChI=1S/C5H9NO2/c1-3(7)5(8)2-4(5)6/h4,8H,2,6H2,1H3/t4-,5+/m0/s1. The molecule has 3 heteroatoms. The Morgan fingerprint density at radius 3 is 2.38 bits per heavy atom. The van der Waals surface area contributed by atoms with Gasteiger partial charge < -0.3 is 10.8 Å².